The summed E-state index contributed by atoms with van der Waals surface area (Å²) in [4.78, 5) is 25.1. The quantitative estimate of drug-likeness (QED) is 0.229. The monoisotopic (exact) mass is 484 g/mol. The fourth-order valence-electron chi connectivity index (χ4n) is 3.73. The Kier molecular flexibility index (Phi) is 5.84. The van der Waals surface area contributed by atoms with Gasteiger partial charge in [-0.25, -0.2) is 4.79 Å². The molecule has 166 valence electrons. The lowest BCUT2D eigenvalue weighted by atomic mass is 10.1. The number of benzene rings is 4. The van der Waals surface area contributed by atoms with Crippen LogP contribution in [0.1, 0.15) is 10.4 Å². The van der Waals surface area contributed by atoms with Crippen LogP contribution in [0.2, 0.25) is 5.02 Å². The first kappa shape index (κ1) is 21.8. The molecular formula is C27H17ClN2O3S. The average molecular weight is 485 g/mol. The van der Waals surface area contributed by atoms with E-state index >= 15 is 0 Å². The molecule has 0 aliphatic rings. The van der Waals surface area contributed by atoms with Gasteiger partial charge < -0.3 is 9.73 Å². The van der Waals surface area contributed by atoms with Gasteiger partial charge in [0, 0.05) is 22.2 Å². The first-order valence-corrected chi connectivity index (χ1v) is 11.2. The van der Waals surface area contributed by atoms with E-state index in [9.17, 15) is 9.59 Å². The molecule has 1 heterocycles. The first-order chi connectivity index (χ1) is 16.5. The van der Waals surface area contributed by atoms with Crippen molar-refractivity contribution in [3.8, 4) is 11.1 Å². The van der Waals surface area contributed by atoms with E-state index in [1.807, 2.05) is 48.5 Å². The molecule has 2 N–H and O–H groups in total. The van der Waals surface area contributed by atoms with E-state index in [1.165, 1.54) is 0 Å². The highest BCUT2D eigenvalue weighted by Gasteiger charge is 2.13. The maximum atomic E-state index is 12.6. The molecule has 0 spiro atoms. The molecule has 0 fully saturated rings. The zero-order valence-corrected chi connectivity index (χ0v) is 19.2. The van der Waals surface area contributed by atoms with Gasteiger partial charge in [0.05, 0.1) is 10.6 Å². The summed E-state index contributed by atoms with van der Waals surface area (Å²) < 4.78 is 5.41. The lowest BCUT2D eigenvalue weighted by molar-refractivity contribution is 0.0978. The topological polar surface area (TPSA) is 71.3 Å². The third kappa shape index (κ3) is 4.41. The van der Waals surface area contributed by atoms with Gasteiger partial charge in [0.1, 0.15) is 5.58 Å². The Morgan fingerprint density at radius 2 is 1.53 bits per heavy atom. The van der Waals surface area contributed by atoms with Crippen LogP contribution >= 0.6 is 23.8 Å². The molecule has 34 heavy (non-hydrogen) atoms. The maximum Gasteiger partial charge on any atom is 0.344 e. The van der Waals surface area contributed by atoms with Gasteiger partial charge in [-0.1, -0.05) is 66.2 Å². The molecule has 1 aromatic heterocycles. The van der Waals surface area contributed by atoms with E-state index in [4.69, 9.17) is 28.2 Å². The standard InChI is InChI=1S/C27H17ClN2O3S/c28-23-15-20(11-12-21(23)22-14-18-7-3-4-8-24(18)33-26(22)32)29-27(34)30-25(31)19-10-9-16-5-1-2-6-17(16)13-19/h1-15H,(H2,29,30,31,34). The normalized spacial score (nSPS) is 10.9. The molecular weight excluding hydrogens is 468 g/mol. The van der Waals surface area contributed by atoms with E-state index in [1.54, 1.807) is 42.5 Å². The summed E-state index contributed by atoms with van der Waals surface area (Å²) in [6, 6.07) is 27.4. The second-order valence-electron chi connectivity index (χ2n) is 7.65. The SMILES string of the molecule is O=C(NC(=S)Nc1ccc(-c2cc3ccccc3oc2=O)c(Cl)c1)c1ccc2ccccc2c1. The third-order valence-electron chi connectivity index (χ3n) is 5.40. The molecule has 7 heteroatoms. The lowest BCUT2D eigenvalue weighted by Crippen LogP contribution is -2.34. The summed E-state index contributed by atoms with van der Waals surface area (Å²) in [5.41, 5.74) is 2.01. The maximum absolute atomic E-state index is 12.6. The summed E-state index contributed by atoms with van der Waals surface area (Å²) in [5.74, 6) is -0.320. The van der Waals surface area contributed by atoms with Gasteiger partial charge in [0.25, 0.3) is 5.91 Å². The van der Waals surface area contributed by atoms with Crippen molar-refractivity contribution in [1.29, 1.82) is 0 Å². The van der Waals surface area contributed by atoms with Crippen molar-refractivity contribution < 1.29 is 9.21 Å². The number of rotatable bonds is 3. The third-order valence-corrected chi connectivity index (χ3v) is 5.91. The molecule has 5 nitrogen and oxygen atoms in total. The highest BCUT2D eigenvalue weighted by Crippen LogP contribution is 2.30. The minimum absolute atomic E-state index is 0.132. The Morgan fingerprint density at radius 3 is 2.32 bits per heavy atom. The van der Waals surface area contributed by atoms with Crippen molar-refractivity contribution in [3.63, 3.8) is 0 Å². The molecule has 4 aromatic carbocycles. The van der Waals surface area contributed by atoms with Crippen molar-refractivity contribution in [2.75, 3.05) is 5.32 Å². The number of para-hydroxylation sites is 1. The number of amides is 1. The van der Waals surface area contributed by atoms with Gasteiger partial charge in [0.15, 0.2) is 5.11 Å². The smallest absolute Gasteiger partial charge is 0.344 e. The number of anilines is 1. The van der Waals surface area contributed by atoms with Crippen LogP contribution in [0.25, 0.3) is 32.9 Å². The highest BCUT2D eigenvalue weighted by molar-refractivity contribution is 7.80. The summed E-state index contributed by atoms with van der Waals surface area (Å²) in [5, 5.41) is 8.93. The van der Waals surface area contributed by atoms with Crippen LogP contribution in [0.3, 0.4) is 0 Å². The minimum Gasteiger partial charge on any atom is -0.422 e. The molecule has 0 atom stereocenters. The molecule has 0 radical (unpaired) electrons. The van der Waals surface area contributed by atoms with Crippen LogP contribution in [0.4, 0.5) is 5.69 Å². The number of thiocarbonyl (C=S) groups is 1. The molecule has 0 unspecified atom stereocenters. The van der Waals surface area contributed by atoms with E-state index in [-0.39, 0.29) is 11.0 Å². The lowest BCUT2D eigenvalue weighted by Gasteiger charge is -2.12. The fourth-order valence-corrected chi connectivity index (χ4v) is 4.22. The molecule has 5 aromatic rings. The molecule has 5 rings (SSSR count). The van der Waals surface area contributed by atoms with Crippen LogP contribution < -0.4 is 16.3 Å². The molecule has 0 bridgehead atoms. The zero-order chi connectivity index (χ0) is 23.7. The molecule has 1 amide bonds. The van der Waals surface area contributed by atoms with Crippen molar-refractivity contribution >= 4 is 62.3 Å². The Labute approximate surface area is 205 Å². The van der Waals surface area contributed by atoms with Gasteiger partial charge in [-0.3, -0.25) is 10.1 Å². The largest absolute Gasteiger partial charge is 0.422 e. The van der Waals surface area contributed by atoms with Crippen LogP contribution in [-0.2, 0) is 0 Å². The molecule has 0 saturated carbocycles. The summed E-state index contributed by atoms with van der Waals surface area (Å²) in [6.45, 7) is 0. The Hall–Kier alpha value is -4.00. The van der Waals surface area contributed by atoms with Gasteiger partial charge in [-0.2, -0.15) is 0 Å². The van der Waals surface area contributed by atoms with Crippen molar-refractivity contribution in [1.82, 2.24) is 5.32 Å². The number of nitrogens with one attached hydrogen (secondary N) is 2. The predicted octanol–water partition coefficient (Wildman–Crippen LogP) is 6.39. The van der Waals surface area contributed by atoms with E-state index in [0.29, 0.717) is 33.0 Å². The van der Waals surface area contributed by atoms with Gasteiger partial charge in [0.2, 0.25) is 0 Å². The van der Waals surface area contributed by atoms with Crippen LogP contribution in [0.5, 0.6) is 0 Å². The molecule has 0 aliphatic heterocycles. The summed E-state index contributed by atoms with van der Waals surface area (Å²) >= 11 is 11.8. The van der Waals surface area contributed by atoms with E-state index in [0.717, 1.165) is 16.2 Å². The number of halogens is 1. The second kappa shape index (κ2) is 9.09. The van der Waals surface area contributed by atoms with Gasteiger partial charge >= 0.3 is 5.63 Å². The van der Waals surface area contributed by atoms with Crippen molar-refractivity contribution in [3.05, 3.63) is 112 Å². The number of hydrogen-bond donors (Lipinski definition) is 2. The average Bonchev–Trinajstić information content (AvgIpc) is 2.83. The number of carbonyl (C=O) groups is 1. The highest BCUT2D eigenvalue weighted by atomic mass is 35.5. The molecule has 0 aliphatic carbocycles. The van der Waals surface area contributed by atoms with Gasteiger partial charge in [-0.15, -0.1) is 0 Å². The van der Waals surface area contributed by atoms with Crippen molar-refractivity contribution in [2.24, 2.45) is 0 Å². The summed E-state index contributed by atoms with van der Waals surface area (Å²) in [7, 11) is 0. The Balaban J connectivity index is 1.32. The van der Waals surface area contributed by atoms with Crippen LogP contribution in [0, 0.1) is 0 Å². The van der Waals surface area contributed by atoms with Crippen molar-refractivity contribution in [2.45, 2.75) is 0 Å². The summed E-state index contributed by atoms with van der Waals surface area (Å²) in [6.07, 6.45) is 0. The van der Waals surface area contributed by atoms with E-state index < -0.39 is 5.63 Å². The minimum atomic E-state index is -0.473. The van der Waals surface area contributed by atoms with Crippen LogP contribution in [-0.4, -0.2) is 11.0 Å². The Bertz CT molecular complexity index is 1640. The first-order valence-electron chi connectivity index (χ1n) is 10.4. The van der Waals surface area contributed by atoms with Crippen LogP contribution in [0.15, 0.2) is 100 Å². The second-order valence-corrected chi connectivity index (χ2v) is 8.47. The van der Waals surface area contributed by atoms with Gasteiger partial charge in [-0.05, 0) is 59.4 Å². The zero-order valence-electron chi connectivity index (χ0n) is 17.7. The molecule has 0 saturated heterocycles. The Morgan fingerprint density at radius 1 is 0.794 bits per heavy atom. The van der Waals surface area contributed by atoms with E-state index in [2.05, 4.69) is 10.6 Å². The fraction of sp³-hybridized carbons (Fsp3) is 0. The number of hydrogen-bond acceptors (Lipinski definition) is 4. The number of fused-ring (bicyclic) bond motifs is 2. The predicted molar refractivity (Wildman–Crippen MR) is 141 cm³/mol. The number of carbonyl (C=O) groups excluding carboxylic acids is 1.